The number of halogens is 1. The van der Waals surface area contributed by atoms with Gasteiger partial charge in [0, 0.05) is 38.6 Å². The predicted octanol–water partition coefficient (Wildman–Crippen LogP) is 2.75. The van der Waals surface area contributed by atoms with E-state index in [9.17, 15) is 4.79 Å². The number of rotatable bonds is 10. The van der Waals surface area contributed by atoms with Crippen molar-refractivity contribution in [3.63, 3.8) is 0 Å². The summed E-state index contributed by atoms with van der Waals surface area (Å²) < 4.78 is 3.86. The number of nitrogens with zero attached hydrogens (tertiary/aromatic N) is 8. The summed E-state index contributed by atoms with van der Waals surface area (Å²) in [5.41, 5.74) is 10.5. The Balaban J connectivity index is 1.31. The molecule has 4 N–H and O–H groups in total. The quantitative estimate of drug-likeness (QED) is 0.127. The summed E-state index contributed by atoms with van der Waals surface area (Å²) in [4.78, 5) is 28.8. The van der Waals surface area contributed by atoms with Gasteiger partial charge in [0.2, 0.25) is 12.1 Å². The molecule has 0 spiro atoms. The Kier molecular flexibility index (Phi) is 8.75. The third kappa shape index (κ3) is 6.30. The van der Waals surface area contributed by atoms with Crippen LogP contribution in [0, 0.1) is 0 Å². The zero-order valence-electron chi connectivity index (χ0n) is 23.8. The van der Waals surface area contributed by atoms with Crippen LogP contribution in [0.25, 0.3) is 11.2 Å². The number of anilines is 1. The van der Waals surface area contributed by atoms with Gasteiger partial charge in [-0.3, -0.25) is 4.90 Å². The molecule has 1 saturated heterocycles. The van der Waals surface area contributed by atoms with Gasteiger partial charge in [-0.1, -0.05) is 75.8 Å². The maximum Gasteiger partial charge on any atom is 0.317 e. The lowest BCUT2D eigenvalue weighted by molar-refractivity contribution is -0.667. The number of carbonyl (C=O) groups excluding carboxylic acids is 1. The number of urea groups is 1. The van der Waals surface area contributed by atoms with Crippen molar-refractivity contribution in [1.29, 1.82) is 0 Å². The van der Waals surface area contributed by atoms with Gasteiger partial charge >= 0.3 is 6.03 Å². The van der Waals surface area contributed by atoms with Crippen LogP contribution in [0.2, 0.25) is 0 Å². The number of aromatic amines is 1. The number of nitrogens with one attached hydrogen (secondary N) is 2. The van der Waals surface area contributed by atoms with Gasteiger partial charge in [-0.15, -0.1) is 16.7 Å². The summed E-state index contributed by atoms with van der Waals surface area (Å²) in [7, 11) is 0. The first-order valence-electron chi connectivity index (χ1n) is 14.4. The van der Waals surface area contributed by atoms with Crippen LogP contribution >= 0.6 is 11.6 Å². The van der Waals surface area contributed by atoms with Crippen molar-refractivity contribution >= 4 is 34.6 Å². The second-order valence-electron chi connectivity index (χ2n) is 10.6. The minimum absolute atomic E-state index is 0.0396. The Morgan fingerprint density at radius 3 is 2.40 bits per heavy atom. The average Bonchev–Trinajstić information content (AvgIpc) is 3.73. The Hall–Kier alpha value is -4.55. The number of H-pyrrole nitrogens is 1. The summed E-state index contributed by atoms with van der Waals surface area (Å²) in [6.07, 6.45) is 6.03. The molecule has 4 heterocycles. The van der Waals surface area contributed by atoms with Crippen molar-refractivity contribution < 1.29 is 9.36 Å². The summed E-state index contributed by atoms with van der Waals surface area (Å²) >= 11 is 5.78. The number of alkyl halides is 1. The van der Waals surface area contributed by atoms with Crippen molar-refractivity contribution in [2.24, 2.45) is 0 Å². The number of fused-ring (bicyclic) bond motifs is 1. The van der Waals surface area contributed by atoms with Crippen LogP contribution in [0.15, 0.2) is 79.5 Å². The minimum atomic E-state index is -0.172. The molecule has 1 aliphatic rings. The molecular formula is C30H35ClN11O+. The highest BCUT2D eigenvalue weighted by Gasteiger charge is 2.35. The Morgan fingerprint density at radius 2 is 1.70 bits per heavy atom. The monoisotopic (exact) mass is 600 g/mol. The van der Waals surface area contributed by atoms with Gasteiger partial charge in [-0.2, -0.15) is 0 Å². The Bertz CT molecular complexity index is 1630. The van der Waals surface area contributed by atoms with E-state index in [0.29, 0.717) is 49.0 Å². The van der Waals surface area contributed by atoms with E-state index in [2.05, 4.69) is 84.0 Å². The van der Waals surface area contributed by atoms with Crippen molar-refractivity contribution in [2.75, 3.05) is 44.3 Å². The first kappa shape index (κ1) is 28.6. The predicted molar refractivity (Wildman–Crippen MR) is 163 cm³/mol. The number of aromatic nitrogens is 7. The van der Waals surface area contributed by atoms with Gasteiger partial charge in [-0.05, 0) is 17.5 Å². The molecule has 2 unspecified atom stereocenters. The van der Waals surface area contributed by atoms with Crippen LogP contribution in [0.1, 0.15) is 35.3 Å². The number of hydrogen-bond acceptors (Lipinski definition) is 7. The summed E-state index contributed by atoms with van der Waals surface area (Å²) in [5, 5.41) is 12.2. The number of amides is 2. The SMILES string of the molecule is Nc1nc[n+](Cc2cn(C(c3ccccc3)C(c3ccccc3)N3CCN(C(=O)NCCCCl)CC3)nn2)c2nc[nH]c12. The molecular weight excluding hydrogens is 566 g/mol. The first-order valence-corrected chi connectivity index (χ1v) is 15.0. The number of benzene rings is 2. The van der Waals surface area contributed by atoms with Gasteiger partial charge < -0.3 is 20.9 Å². The van der Waals surface area contributed by atoms with E-state index in [-0.39, 0.29) is 18.1 Å². The Labute approximate surface area is 254 Å². The molecule has 2 amide bonds. The van der Waals surface area contributed by atoms with E-state index >= 15 is 0 Å². The maximum atomic E-state index is 12.7. The van der Waals surface area contributed by atoms with Crippen molar-refractivity contribution in [2.45, 2.75) is 25.0 Å². The van der Waals surface area contributed by atoms with Crippen molar-refractivity contribution in [3.8, 4) is 0 Å². The molecule has 3 aromatic heterocycles. The van der Waals surface area contributed by atoms with Crippen molar-refractivity contribution in [3.05, 3.63) is 96.3 Å². The van der Waals surface area contributed by atoms with Crippen LogP contribution in [0.3, 0.4) is 0 Å². The van der Waals surface area contributed by atoms with Crippen LogP contribution in [0.4, 0.5) is 10.6 Å². The second kappa shape index (κ2) is 13.2. The number of piperazine rings is 1. The van der Waals surface area contributed by atoms with Gasteiger partial charge in [0.1, 0.15) is 12.2 Å². The van der Waals surface area contributed by atoms with Crippen LogP contribution < -0.4 is 15.6 Å². The molecule has 0 radical (unpaired) electrons. The normalized spacial score (nSPS) is 15.4. The lowest BCUT2D eigenvalue weighted by Gasteiger charge is -2.42. The number of imidazole rings is 1. The molecule has 5 aromatic rings. The molecule has 1 aliphatic heterocycles. The Morgan fingerprint density at radius 1 is 1.00 bits per heavy atom. The molecule has 2 atom stereocenters. The highest BCUT2D eigenvalue weighted by molar-refractivity contribution is 6.17. The average molecular weight is 601 g/mol. The van der Waals surface area contributed by atoms with E-state index in [1.54, 1.807) is 12.7 Å². The molecule has 222 valence electrons. The number of nitrogens with two attached hydrogens (primary N) is 1. The van der Waals surface area contributed by atoms with E-state index in [0.717, 1.165) is 30.8 Å². The molecule has 1 fully saturated rings. The van der Waals surface area contributed by atoms with Gasteiger partial charge in [0.25, 0.3) is 5.65 Å². The second-order valence-corrected chi connectivity index (χ2v) is 10.9. The van der Waals surface area contributed by atoms with Gasteiger partial charge in [0.15, 0.2) is 11.8 Å². The third-order valence-corrected chi connectivity index (χ3v) is 8.09. The maximum absolute atomic E-state index is 12.7. The molecule has 13 heteroatoms. The molecule has 12 nitrogen and oxygen atoms in total. The lowest BCUT2D eigenvalue weighted by Crippen LogP contribution is -2.53. The summed E-state index contributed by atoms with van der Waals surface area (Å²) in [6.45, 7) is 3.70. The highest BCUT2D eigenvalue weighted by Crippen LogP contribution is 2.37. The van der Waals surface area contributed by atoms with Gasteiger partial charge in [0.05, 0.1) is 18.3 Å². The van der Waals surface area contributed by atoms with Crippen LogP contribution in [-0.4, -0.2) is 84.4 Å². The number of hydrogen-bond donors (Lipinski definition) is 3. The summed E-state index contributed by atoms with van der Waals surface area (Å²) in [5.74, 6) is 0.927. The fourth-order valence-corrected chi connectivity index (χ4v) is 5.84. The van der Waals surface area contributed by atoms with E-state index < -0.39 is 0 Å². The van der Waals surface area contributed by atoms with E-state index in [1.165, 1.54) is 5.56 Å². The first-order chi connectivity index (χ1) is 21.1. The number of nitrogen functional groups attached to an aromatic ring is 1. The standard InChI is InChI=1S/C30H34ClN11O/c31-12-7-13-33-30(43)40-16-14-39(15-17-40)26(22-8-3-1-4-9-22)27(23-10-5-2-6-11-23)42-19-24(37-38-42)18-41-21-36-28(32)25-29(41)35-20-34-25/h1-6,8-11,19-21,26-27H,7,12-18H2,(H3,32,33,34,35,43)/p+1. The zero-order valence-corrected chi connectivity index (χ0v) is 24.5. The zero-order chi connectivity index (χ0) is 29.6. The third-order valence-electron chi connectivity index (χ3n) is 7.82. The molecule has 0 aliphatic carbocycles. The van der Waals surface area contributed by atoms with E-state index in [4.69, 9.17) is 17.3 Å². The smallest absolute Gasteiger partial charge is 0.317 e. The minimum Gasteiger partial charge on any atom is -0.368 e. The molecule has 0 bridgehead atoms. The van der Waals surface area contributed by atoms with Crippen LogP contribution in [-0.2, 0) is 6.54 Å². The van der Waals surface area contributed by atoms with Gasteiger partial charge in [-0.25, -0.2) is 14.0 Å². The topological polar surface area (TPSA) is 138 Å². The van der Waals surface area contributed by atoms with Crippen molar-refractivity contribution in [1.82, 2.24) is 45.1 Å². The van der Waals surface area contributed by atoms with Crippen LogP contribution in [0.5, 0.6) is 0 Å². The van der Waals surface area contributed by atoms with E-state index in [1.807, 2.05) is 32.5 Å². The highest BCUT2D eigenvalue weighted by atomic mass is 35.5. The molecule has 0 saturated carbocycles. The fourth-order valence-electron chi connectivity index (χ4n) is 5.71. The molecule has 6 rings (SSSR count). The summed E-state index contributed by atoms with van der Waals surface area (Å²) in [6, 6.07) is 20.6. The fraction of sp³-hybridized carbons (Fsp3) is 0.333. The number of carbonyl (C=O) groups is 1. The lowest BCUT2D eigenvalue weighted by atomic mass is 9.91. The largest absolute Gasteiger partial charge is 0.368 e. The molecule has 43 heavy (non-hydrogen) atoms. The molecule has 2 aromatic carbocycles.